The molecule has 0 bridgehead atoms. The minimum Gasteiger partial charge on any atom is -0.444 e. The molecule has 0 radical (unpaired) electrons. The van der Waals surface area contributed by atoms with Crippen molar-refractivity contribution in [1.82, 2.24) is 15.6 Å². The van der Waals surface area contributed by atoms with E-state index in [1.165, 1.54) is 0 Å². The maximum Gasteiger partial charge on any atom is 0.408 e. The van der Waals surface area contributed by atoms with Crippen molar-refractivity contribution in [2.45, 2.75) is 52.7 Å². The molecule has 0 saturated heterocycles. The highest BCUT2D eigenvalue weighted by atomic mass is 16.6. The maximum atomic E-state index is 12.1. The predicted octanol–water partition coefficient (Wildman–Crippen LogP) is 3.38. The second kappa shape index (κ2) is 9.11. The first-order valence-electron chi connectivity index (χ1n) is 8.56. The van der Waals surface area contributed by atoms with E-state index in [0.29, 0.717) is 6.42 Å². The van der Waals surface area contributed by atoms with Crippen molar-refractivity contribution in [3.8, 4) is 0 Å². The summed E-state index contributed by atoms with van der Waals surface area (Å²) in [6.07, 6.45) is 1.63. The zero-order valence-corrected chi connectivity index (χ0v) is 15.9. The summed E-state index contributed by atoms with van der Waals surface area (Å²) in [5.41, 5.74) is 1.35. The third kappa shape index (κ3) is 6.14. The third-order valence-electron chi connectivity index (χ3n) is 3.35. The maximum absolute atomic E-state index is 12.1. The van der Waals surface area contributed by atoms with E-state index in [1.807, 2.05) is 44.3 Å². The van der Waals surface area contributed by atoms with Gasteiger partial charge in [-0.1, -0.05) is 32.0 Å². The first-order valence-corrected chi connectivity index (χ1v) is 8.56. The Morgan fingerprint density at radius 1 is 1.20 bits per heavy atom. The summed E-state index contributed by atoms with van der Waals surface area (Å²) in [6.45, 7) is 9.34. The molecular formula is C19H29N3O3. The lowest BCUT2D eigenvalue weighted by molar-refractivity contribution is -0.122. The molecule has 2 rings (SSSR count). The van der Waals surface area contributed by atoms with Crippen LogP contribution in [0.3, 0.4) is 0 Å². The van der Waals surface area contributed by atoms with Crippen molar-refractivity contribution in [3.05, 3.63) is 36.0 Å². The van der Waals surface area contributed by atoms with E-state index in [0.717, 1.165) is 16.5 Å². The minimum absolute atomic E-state index is 0.263. The van der Waals surface area contributed by atoms with E-state index in [-0.39, 0.29) is 5.91 Å². The van der Waals surface area contributed by atoms with Gasteiger partial charge in [-0.2, -0.15) is 0 Å². The number of alkyl carbamates (subject to hydrolysis) is 1. The Kier molecular flexibility index (Phi) is 7.48. The van der Waals surface area contributed by atoms with E-state index < -0.39 is 17.7 Å². The molecule has 1 aromatic carbocycles. The van der Waals surface area contributed by atoms with Crippen molar-refractivity contribution in [1.29, 1.82) is 0 Å². The molecule has 2 aromatic rings. The number of aromatic nitrogens is 1. The summed E-state index contributed by atoms with van der Waals surface area (Å²) < 4.78 is 5.23. The molecule has 0 saturated carbocycles. The molecule has 3 N–H and O–H groups in total. The molecule has 1 heterocycles. The van der Waals surface area contributed by atoms with Crippen LogP contribution in [-0.2, 0) is 16.0 Å². The number of hydrogen-bond donors (Lipinski definition) is 3. The molecule has 0 fully saturated rings. The van der Waals surface area contributed by atoms with E-state index >= 15 is 0 Å². The minimum atomic E-state index is -0.700. The Labute approximate surface area is 149 Å². The summed E-state index contributed by atoms with van der Waals surface area (Å²) in [6, 6.07) is 7.13. The van der Waals surface area contributed by atoms with Crippen molar-refractivity contribution in [3.63, 3.8) is 0 Å². The number of carbonyl (C=O) groups is 2. The highest BCUT2D eigenvalue weighted by molar-refractivity contribution is 5.88. The van der Waals surface area contributed by atoms with Crippen LogP contribution in [0.25, 0.3) is 10.9 Å². The predicted molar refractivity (Wildman–Crippen MR) is 101 cm³/mol. The first-order chi connectivity index (χ1) is 11.8. The SMILES string of the molecule is CC.CNC(=O)C(Cc1c[nH]c2ccccc12)NC(=O)OC(C)(C)C. The Bertz CT molecular complexity index is 701. The van der Waals surface area contributed by atoms with Gasteiger partial charge in [-0.05, 0) is 32.4 Å². The highest BCUT2D eigenvalue weighted by Gasteiger charge is 2.24. The Hall–Kier alpha value is -2.50. The molecule has 138 valence electrons. The van der Waals surface area contributed by atoms with E-state index in [1.54, 1.807) is 27.8 Å². The fraction of sp³-hybridized carbons (Fsp3) is 0.474. The highest BCUT2D eigenvalue weighted by Crippen LogP contribution is 2.19. The Morgan fingerprint density at radius 3 is 2.44 bits per heavy atom. The molecule has 25 heavy (non-hydrogen) atoms. The molecule has 1 aromatic heterocycles. The summed E-state index contributed by atoms with van der Waals surface area (Å²) in [4.78, 5) is 27.2. The standard InChI is InChI=1S/C17H23N3O3.C2H6/c1-17(2,3)23-16(22)20-14(15(21)18-4)9-11-10-19-13-8-6-5-7-12(11)13;1-2/h5-8,10,14,19H,9H2,1-4H3,(H,18,21)(H,20,22);1-2H3. The molecule has 6 heteroatoms. The molecule has 0 aliphatic carbocycles. The van der Waals surface area contributed by atoms with Crippen LogP contribution < -0.4 is 10.6 Å². The van der Waals surface area contributed by atoms with E-state index in [2.05, 4.69) is 15.6 Å². The zero-order valence-electron chi connectivity index (χ0n) is 15.9. The second-order valence-corrected chi connectivity index (χ2v) is 6.38. The first kappa shape index (κ1) is 20.5. The van der Waals surface area contributed by atoms with Gasteiger partial charge in [0.1, 0.15) is 11.6 Å². The van der Waals surface area contributed by atoms with Gasteiger partial charge in [0.05, 0.1) is 0 Å². The van der Waals surface area contributed by atoms with Gasteiger partial charge in [0, 0.05) is 30.6 Å². The number of amides is 2. The average Bonchev–Trinajstić information content (AvgIpc) is 2.97. The number of benzene rings is 1. The quantitative estimate of drug-likeness (QED) is 0.793. The van der Waals surface area contributed by atoms with Crippen LogP contribution in [0, 0.1) is 0 Å². The smallest absolute Gasteiger partial charge is 0.408 e. The van der Waals surface area contributed by atoms with E-state index in [9.17, 15) is 9.59 Å². The summed E-state index contributed by atoms with van der Waals surface area (Å²) >= 11 is 0. The van der Waals surface area contributed by atoms with Gasteiger partial charge in [0.25, 0.3) is 0 Å². The summed E-state index contributed by atoms with van der Waals surface area (Å²) in [5.74, 6) is -0.263. The topological polar surface area (TPSA) is 83.2 Å². The molecule has 2 amide bonds. The number of carbonyl (C=O) groups excluding carboxylic acids is 2. The van der Waals surface area contributed by atoms with Crippen LogP contribution in [0.15, 0.2) is 30.5 Å². The fourth-order valence-corrected chi connectivity index (χ4v) is 2.35. The van der Waals surface area contributed by atoms with Crippen LogP contribution in [0.2, 0.25) is 0 Å². The van der Waals surface area contributed by atoms with Crippen molar-refractivity contribution in [2.24, 2.45) is 0 Å². The molecule has 6 nitrogen and oxygen atoms in total. The number of likely N-dealkylation sites (N-methyl/N-ethyl adjacent to an activating group) is 1. The summed E-state index contributed by atoms with van der Waals surface area (Å²) in [7, 11) is 1.54. The van der Waals surface area contributed by atoms with Crippen LogP contribution in [0.4, 0.5) is 4.79 Å². The average molecular weight is 347 g/mol. The van der Waals surface area contributed by atoms with E-state index in [4.69, 9.17) is 4.74 Å². The van der Waals surface area contributed by atoms with Gasteiger partial charge in [0.2, 0.25) is 5.91 Å². The lowest BCUT2D eigenvalue weighted by Gasteiger charge is -2.23. The third-order valence-corrected chi connectivity index (χ3v) is 3.35. The number of ether oxygens (including phenoxy) is 1. The van der Waals surface area contributed by atoms with Crippen LogP contribution in [-0.4, -0.2) is 35.7 Å². The van der Waals surface area contributed by atoms with Crippen molar-refractivity contribution in [2.75, 3.05) is 7.05 Å². The molecule has 0 aliphatic heterocycles. The number of para-hydroxylation sites is 1. The van der Waals surface area contributed by atoms with Gasteiger partial charge in [-0.3, -0.25) is 4.79 Å². The summed E-state index contributed by atoms with van der Waals surface area (Å²) in [5, 5.41) is 6.25. The number of H-pyrrole nitrogens is 1. The Morgan fingerprint density at radius 2 is 1.84 bits per heavy atom. The van der Waals surface area contributed by atoms with Crippen LogP contribution in [0.1, 0.15) is 40.2 Å². The second-order valence-electron chi connectivity index (χ2n) is 6.38. The zero-order chi connectivity index (χ0) is 19.0. The molecule has 1 atom stereocenters. The van der Waals surface area contributed by atoms with Gasteiger partial charge in [-0.25, -0.2) is 4.79 Å². The monoisotopic (exact) mass is 347 g/mol. The molecule has 0 spiro atoms. The molecular weight excluding hydrogens is 318 g/mol. The molecule has 0 aliphatic rings. The van der Waals surface area contributed by atoms with Gasteiger partial charge in [-0.15, -0.1) is 0 Å². The number of hydrogen-bond acceptors (Lipinski definition) is 3. The van der Waals surface area contributed by atoms with Gasteiger partial charge >= 0.3 is 6.09 Å². The van der Waals surface area contributed by atoms with Gasteiger partial charge in [0.15, 0.2) is 0 Å². The number of rotatable bonds is 4. The van der Waals surface area contributed by atoms with Crippen LogP contribution >= 0.6 is 0 Å². The number of nitrogens with one attached hydrogen (secondary N) is 3. The normalized spacial score (nSPS) is 11.9. The fourth-order valence-electron chi connectivity index (χ4n) is 2.35. The van der Waals surface area contributed by atoms with Crippen molar-refractivity contribution < 1.29 is 14.3 Å². The van der Waals surface area contributed by atoms with Crippen LogP contribution in [0.5, 0.6) is 0 Å². The Balaban J connectivity index is 0.00000151. The molecule has 1 unspecified atom stereocenters. The lowest BCUT2D eigenvalue weighted by Crippen LogP contribution is -2.48. The lowest BCUT2D eigenvalue weighted by atomic mass is 10.0. The van der Waals surface area contributed by atoms with Crippen molar-refractivity contribution >= 4 is 22.9 Å². The number of fused-ring (bicyclic) bond motifs is 1. The largest absolute Gasteiger partial charge is 0.444 e. The van der Waals surface area contributed by atoms with Gasteiger partial charge < -0.3 is 20.4 Å². The number of aromatic amines is 1.